The van der Waals surface area contributed by atoms with Crippen LogP contribution in [0.2, 0.25) is 0 Å². The Hall–Kier alpha value is -1.27. The van der Waals surface area contributed by atoms with Crippen LogP contribution in [0.15, 0.2) is 18.2 Å². The molecule has 1 aliphatic heterocycles. The summed E-state index contributed by atoms with van der Waals surface area (Å²) >= 11 is 0. The van der Waals surface area contributed by atoms with Crippen molar-refractivity contribution in [3.63, 3.8) is 0 Å². The summed E-state index contributed by atoms with van der Waals surface area (Å²) in [7, 11) is 0.363. The Labute approximate surface area is 120 Å². The Morgan fingerprint density at radius 3 is 2.60 bits per heavy atom. The van der Waals surface area contributed by atoms with Gasteiger partial charge in [-0.2, -0.15) is 0 Å². The van der Waals surface area contributed by atoms with Gasteiger partial charge in [-0.15, -0.1) is 0 Å². The molecule has 2 atom stereocenters. The number of sulfone groups is 1. The fraction of sp³-hybridized carbons (Fsp3) is 0.571. The molecule has 1 aromatic carbocycles. The molecule has 0 spiro atoms. The Morgan fingerprint density at radius 2 is 2.05 bits per heavy atom. The van der Waals surface area contributed by atoms with Crippen molar-refractivity contribution in [3.05, 3.63) is 23.8 Å². The monoisotopic (exact) mass is 299 g/mol. The molecular weight excluding hydrogens is 278 g/mol. The lowest BCUT2D eigenvalue weighted by Crippen LogP contribution is -2.32. The summed E-state index contributed by atoms with van der Waals surface area (Å²) in [5, 5.41) is 3.36. The second-order valence-electron chi connectivity index (χ2n) is 5.10. The van der Waals surface area contributed by atoms with E-state index < -0.39 is 9.84 Å². The van der Waals surface area contributed by atoms with E-state index in [0.29, 0.717) is 6.42 Å². The van der Waals surface area contributed by atoms with Crippen LogP contribution in [0.25, 0.3) is 0 Å². The highest BCUT2D eigenvalue weighted by atomic mass is 32.2. The van der Waals surface area contributed by atoms with Crippen LogP contribution in [0.5, 0.6) is 11.5 Å². The second-order valence-corrected chi connectivity index (χ2v) is 7.32. The lowest BCUT2D eigenvalue weighted by Gasteiger charge is -2.21. The Kier molecular flexibility index (Phi) is 4.55. The van der Waals surface area contributed by atoms with Crippen molar-refractivity contribution in [2.45, 2.75) is 25.4 Å². The molecule has 1 aromatic rings. The van der Waals surface area contributed by atoms with E-state index in [1.54, 1.807) is 14.2 Å². The number of hydrogen-bond donors (Lipinski definition) is 1. The summed E-state index contributed by atoms with van der Waals surface area (Å²) in [6.45, 7) is 2.01. The number of rotatable bonds is 5. The molecule has 0 saturated carbocycles. The van der Waals surface area contributed by atoms with Crippen LogP contribution in [0.4, 0.5) is 0 Å². The molecule has 0 radical (unpaired) electrons. The average Bonchev–Trinajstić information content (AvgIpc) is 2.76. The smallest absolute Gasteiger partial charge is 0.151 e. The minimum Gasteiger partial charge on any atom is -0.497 e. The molecule has 6 heteroatoms. The summed E-state index contributed by atoms with van der Waals surface area (Å²) in [5.41, 5.74) is 0.998. The lowest BCUT2D eigenvalue weighted by molar-refractivity contribution is 0.382. The van der Waals surface area contributed by atoms with Crippen LogP contribution in [0, 0.1) is 0 Å². The van der Waals surface area contributed by atoms with E-state index in [1.807, 2.05) is 25.1 Å². The van der Waals surface area contributed by atoms with Crippen LogP contribution in [-0.4, -0.2) is 40.2 Å². The van der Waals surface area contributed by atoms with Crippen molar-refractivity contribution in [2.75, 3.05) is 25.7 Å². The Balaban J connectivity index is 2.11. The summed E-state index contributed by atoms with van der Waals surface area (Å²) in [6, 6.07) is 5.69. The number of hydrogen-bond acceptors (Lipinski definition) is 5. The standard InChI is InChI=1S/C14H21NO4S/c1-10(15-11-6-7-20(16,17)9-11)13-5-4-12(18-2)8-14(13)19-3/h4-5,8,10-11,15H,6-7,9H2,1-3H3. The molecule has 1 N–H and O–H groups in total. The SMILES string of the molecule is COc1ccc(C(C)NC2CCS(=O)(=O)C2)c(OC)c1. The van der Waals surface area contributed by atoms with Crippen molar-refractivity contribution >= 4 is 9.84 Å². The zero-order valence-electron chi connectivity index (χ0n) is 12.0. The molecule has 20 heavy (non-hydrogen) atoms. The number of ether oxygens (including phenoxy) is 2. The van der Waals surface area contributed by atoms with E-state index in [2.05, 4.69) is 5.32 Å². The van der Waals surface area contributed by atoms with Crippen molar-refractivity contribution in [1.29, 1.82) is 0 Å². The maximum absolute atomic E-state index is 11.5. The van der Waals surface area contributed by atoms with Gasteiger partial charge >= 0.3 is 0 Å². The zero-order chi connectivity index (χ0) is 14.8. The third-order valence-electron chi connectivity index (χ3n) is 3.63. The summed E-state index contributed by atoms with van der Waals surface area (Å²) < 4.78 is 33.5. The summed E-state index contributed by atoms with van der Waals surface area (Å²) in [4.78, 5) is 0. The van der Waals surface area contributed by atoms with Gasteiger partial charge in [-0.1, -0.05) is 6.07 Å². The van der Waals surface area contributed by atoms with Gasteiger partial charge in [-0.25, -0.2) is 8.42 Å². The van der Waals surface area contributed by atoms with Crippen LogP contribution in [0.3, 0.4) is 0 Å². The average molecular weight is 299 g/mol. The van der Waals surface area contributed by atoms with Crippen molar-refractivity contribution in [1.82, 2.24) is 5.32 Å². The minimum absolute atomic E-state index is 0.0156. The van der Waals surface area contributed by atoms with Crippen molar-refractivity contribution in [3.8, 4) is 11.5 Å². The molecule has 0 aromatic heterocycles. The summed E-state index contributed by atoms with van der Waals surface area (Å²) in [5.74, 6) is 1.97. The van der Waals surface area contributed by atoms with E-state index in [0.717, 1.165) is 17.1 Å². The predicted molar refractivity (Wildman–Crippen MR) is 78.2 cm³/mol. The molecule has 0 aliphatic carbocycles. The van der Waals surface area contributed by atoms with Gasteiger partial charge in [-0.05, 0) is 19.4 Å². The highest BCUT2D eigenvalue weighted by Gasteiger charge is 2.29. The molecule has 112 valence electrons. The maximum Gasteiger partial charge on any atom is 0.151 e. The zero-order valence-corrected chi connectivity index (χ0v) is 12.9. The third-order valence-corrected chi connectivity index (χ3v) is 5.39. The molecule has 5 nitrogen and oxygen atoms in total. The van der Waals surface area contributed by atoms with E-state index in [9.17, 15) is 8.42 Å². The van der Waals surface area contributed by atoms with E-state index in [1.165, 1.54) is 0 Å². The van der Waals surface area contributed by atoms with Crippen molar-refractivity contribution in [2.24, 2.45) is 0 Å². The van der Waals surface area contributed by atoms with Crippen LogP contribution < -0.4 is 14.8 Å². The van der Waals surface area contributed by atoms with Gasteiger partial charge in [0.1, 0.15) is 11.5 Å². The van der Waals surface area contributed by atoms with Gasteiger partial charge < -0.3 is 14.8 Å². The number of nitrogens with one attached hydrogen (secondary N) is 1. The van der Waals surface area contributed by atoms with Crippen molar-refractivity contribution < 1.29 is 17.9 Å². The fourth-order valence-corrected chi connectivity index (χ4v) is 4.23. The van der Waals surface area contributed by atoms with Crippen LogP contribution >= 0.6 is 0 Å². The quantitative estimate of drug-likeness (QED) is 0.893. The maximum atomic E-state index is 11.5. The molecule has 1 saturated heterocycles. The van der Waals surface area contributed by atoms with Gasteiger partial charge in [0.25, 0.3) is 0 Å². The molecule has 2 unspecified atom stereocenters. The molecule has 1 aliphatic rings. The van der Waals surface area contributed by atoms with E-state index in [4.69, 9.17) is 9.47 Å². The first-order valence-corrected chi connectivity index (χ1v) is 8.45. The predicted octanol–water partition coefficient (Wildman–Crippen LogP) is 1.54. The topological polar surface area (TPSA) is 64.6 Å². The molecule has 1 heterocycles. The normalized spacial score (nSPS) is 22.4. The number of methoxy groups -OCH3 is 2. The molecule has 0 bridgehead atoms. The summed E-state index contributed by atoms with van der Waals surface area (Å²) in [6.07, 6.45) is 0.672. The first-order valence-electron chi connectivity index (χ1n) is 6.63. The third kappa shape index (κ3) is 3.43. The largest absolute Gasteiger partial charge is 0.497 e. The van der Waals surface area contributed by atoms with Crippen LogP contribution in [0.1, 0.15) is 24.9 Å². The van der Waals surface area contributed by atoms with Gasteiger partial charge in [0.2, 0.25) is 0 Å². The highest BCUT2D eigenvalue weighted by molar-refractivity contribution is 7.91. The molecule has 2 rings (SSSR count). The Morgan fingerprint density at radius 1 is 1.30 bits per heavy atom. The van der Waals surface area contributed by atoms with Gasteiger partial charge in [0, 0.05) is 23.7 Å². The first-order chi connectivity index (χ1) is 9.45. The molecular formula is C14H21NO4S. The Bertz CT molecular complexity index is 571. The minimum atomic E-state index is -2.86. The first kappa shape index (κ1) is 15.1. The van der Waals surface area contributed by atoms with E-state index >= 15 is 0 Å². The molecule has 1 fully saturated rings. The number of benzene rings is 1. The van der Waals surface area contributed by atoms with Gasteiger partial charge in [0.05, 0.1) is 25.7 Å². The van der Waals surface area contributed by atoms with Gasteiger partial charge in [0.15, 0.2) is 9.84 Å². The second kappa shape index (κ2) is 6.01. The lowest BCUT2D eigenvalue weighted by atomic mass is 10.1. The van der Waals surface area contributed by atoms with E-state index in [-0.39, 0.29) is 23.6 Å². The molecule has 0 amide bonds. The van der Waals surface area contributed by atoms with Gasteiger partial charge in [-0.3, -0.25) is 0 Å². The van der Waals surface area contributed by atoms with Crippen LogP contribution in [-0.2, 0) is 9.84 Å². The fourth-order valence-electron chi connectivity index (χ4n) is 2.55. The highest BCUT2D eigenvalue weighted by Crippen LogP contribution is 2.30.